The molecule has 2 aromatic carbocycles. The Bertz CT molecular complexity index is 645. The molecule has 0 aliphatic carbocycles. The van der Waals surface area contributed by atoms with Gasteiger partial charge in [0.25, 0.3) is 0 Å². The molecule has 5 heteroatoms. The van der Waals surface area contributed by atoms with Crippen molar-refractivity contribution in [3.8, 4) is 11.5 Å². The first kappa shape index (κ1) is 14.3. The molecule has 2 rings (SSSR count). The van der Waals surface area contributed by atoms with E-state index < -0.39 is 0 Å². The summed E-state index contributed by atoms with van der Waals surface area (Å²) in [5.74, 6) is 1.29. The number of thiocarbonyl (C=S) groups is 1. The Hall–Kier alpha value is -1.10. The second kappa shape index (κ2) is 5.90. The van der Waals surface area contributed by atoms with Crippen molar-refractivity contribution in [1.29, 1.82) is 0 Å². The average molecular weight is 357 g/mol. The minimum atomic E-state index is 0.306. The van der Waals surface area contributed by atoms with Gasteiger partial charge in [0.05, 0.1) is 10.0 Å². The smallest absolute Gasteiger partial charge is 0.141 e. The maximum atomic E-state index is 5.90. The normalized spacial score (nSPS) is 10.3. The zero-order valence-corrected chi connectivity index (χ0v) is 13.3. The fraction of sp³-hybridized carbons (Fsp3) is 0.0714. The lowest BCUT2D eigenvalue weighted by molar-refractivity contribution is 0.478. The molecule has 0 aromatic heterocycles. The van der Waals surface area contributed by atoms with Gasteiger partial charge < -0.3 is 10.5 Å². The molecule has 2 N–H and O–H groups in total. The van der Waals surface area contributed by atoms with E-state index >= 15 is 0 Å². The minimum absolute atomic E-state index is 0.306. The van der Waals surface area contributed by atoms with Gasteiger partial charge >= 0.3 is 0 Å². The third-order valence-electron chi connectivity index (χ3n) is 2.52. The zero-order chi connectivity index (χ0) is 14.0. The number of rotatable bonds is 3. The summed E-state index contributed by atoms with van der Waals surface area (Å²) in [5.41, 5.74) is 7.48. The van der Waals surface area contributed by atoms with Gasteiger partial charge in [-0.05, 0) is 58.7 Å². The van der Waals surface area contributed by atoms with E-state index in [1.807, 2.05) is 25.1 Å². The molecular weight excluding hydrogens is 346 g/mol. The molecule has 0 aliphatic rings. The molecule has 0 saturated heterocycles. The van der Waals surface area contributed by atoms with Crippen molar-refractivity contribution in [2.24, 2.45) is 5.73 Å². The molecule has 98 valence electrons. The van der Waals surface area contributed by atoms with Crippen LogP contribution in [-0.2, 0) is 0 Å². The number of hydrogen-bond donors (Lipinski definition) is 1. The van der Waals surface area contributed by atoms with Crippen molar-refractivity contribution in [2.75, 3.05) is 0 Å². The largest absolute Gasteiger partial charge is 0.455 e. The van der Waals surface area contributed by atoms with E-state index in [2.05, 4.69) is 15.9 Å². The average Bonchev–Trinajstić information content (AvgIpc) is 2.32. The van der Waals surface area contributed by atoms with Gasteiger partial charge in [0.15, 0.2) is 0 Å². The summed E-state index contributed by atoms with van der Waals surface area (Å²) < 4.78 is 6.64. The van der Waals surface area contributed by atoms with Gasteiger partial charge in [-0.15, -0.1) is 0 Å². The summed E-state index contributed by atoms with van der Waals surface area (Å²) in [7, 11) is 0. The summed E-state index contributed by atoms with van der Waals surface area (Å²) in [4.78, 5) is 0.306. The zero-order valence-electron chi connectivity index (χ0n) is 10.1. The Balaban J connectivity index is 2.42. The summed E-state index contributed by atoms with van der Waals surface area (Å²) in [6.07, 6.45) is 0. The maximum absolute atomic E-state index is 5.90. The number of halogens is 2. The van der Waals surface area contributed by atoms with Crippen LogP contribution in [-0.4, -0.2) is 4.99 Å². The highest BCUT2D eigenvalue weighted by atomic mass is 79.9. The fourth-order valence-corrected chi connectivity index (χ4v) is 2.53. The molecule has 0 unspecified atom stereocenters. The first-order chi connectivity index (χ1) is 8.97. The third-order valence-corrected chi connectivity index (χ3v) is 3.59. The second-order valence-electron chi connectivity index (χ2n) is 4.04. The third kappa shape index (κ3) is 3.47. The Morgan fingerprint density at radius 3 is 2.58 bits per heavy atom. The van der Waals surface area contributed by atoms with Gasteiger partial charge in [-0.2, -0.15) is 0 Å². The minimum Gasteiger partial charge on any atom is -0.455 e. The highest BCUT2D eigenvalue weighted by Gasteiger charge is 2.10. The van der Waals surface area contributed by atoms with Crippen molar-refractivity contribution in [2.45, 2.75) is 6.92 Å². The predicted molar refractivity (Wildman–Crippen MR) is 86.3 cm³/mol. The van der Waals surface area contributed by atoms with E-state index in [4.69, 9.17) is 34.3 Å². The van der Waals surface area contributed by atoms with Crippen LogP contribution in [0.15, 0.2) is 40.9 Å². The Kier molecular flexibility index (Phi) is 4.45. The van der Waals surface area contributed by atoms with Crippen molar-refractivity contribution in [3.05, 3.63) is 57.0 Å². The lowest BCUT2D eigenvalue weighted by Gasteiger charge is -2.12. The van der Waals surface area contributed by atoms with Gasteiger partial charge in [0, 0.05) is 5.02 Å². The molecule has 2 nitrogen and oxygen atoms in total. The molecule has 0 atom stereocenters. The summed E-state index contributed by atoms with van der Waals surface area (Å²) in [6.45, 7) is 1.98. The highest BCUT2D eigenvalue weighted by molar-refractivity contribution is 9.10. The Labute approximate surface area is 130 Å². The van der Waals surface area contributed by atoms with Crippen molar-refractivity contribution < 1.29 is 4.74 Å². The van der Waals surface area contributed by atoms with Crippen LogP contribution in [0.2, 0.25) is 5.02 Å². The molecule has 0 aliphatic heterocycles. The number of hydrogen-bond acceptors (Lipinski definition) is 2. The van der Waals surface area contributed by atoms with E-state index in [1.54, 1.807) is 18.2 Å². The van der Waals surface area contributed by atoms with E-state index in [9.17, 15) is 0 Å². The van der Waals surface area contributed by atoms with Crippen LogP contribution < -0.4 is 10.5 Å². The molecule has 0 fully saturated rings. The Morgan fingerprint density at radius 2 is 1.95 bits per heavy atom. The van der Waals surface area contributed by atoms with Crippen molar-refractivity contribution >= 4 is 44.7 Å². The number of benzene rings is 2. The molecule has 0 amide bonds. The highest BCUT2D eigenvalue weighted by Crippen LogP contribution is 2.33. The van der Waals surface area contributed by atoms with Crippen molar-refractivity contribution in [1.82, 2.24) is 0 Å². The van der Waals surface area contributed by atoms with Gasteiger partial charge in [-0.3, -0.25) is 0 Å². The first-order valence-electron chi connectivity index (χ1n) is 5.51. The van der Waals surface area contributed by atoms with E-state index in [0.29, 0.717) is 27.1 Å². The maximum Gasteiger partial charge on any atom is 0.141 e. The van der Waals surface area contributed by atoms with Gasteiger partial charge in [-0.25, -0.2) is 0 Å². The number of nitrogens with two attached hydrogens (primary N) is 1. The van der Waals surface area contributed by atoms with E-state index in [1.165, 1.54) is 0 Å². The molecular formula is C14H11BrClNOS. The van der Waals surface area contributed by atoms with Gasteiger partial charge in [0.1, 0.15) is 16.5 Å². The van der Waals surface area contributed by atoms with Crippen LogP contribution >= 0.6 is 39.7 Å². The van der Waals surface area contributed by atoms with Gasteiger partial charge in [-0.1, -0.05) is 29.9 Å². The molecule has 2 aromatic rings. The van der Waals surface area contributed by atoms with Crippen LogP contribution in [0, 0.1) is 6.92 Å². The topological polar surface area (TPSA) is 35.2 Å². The van der Waals surface area contributed by atoms with E-state index in [0.717, 1.165) is 10.0 Å². The van der Waals surface area contributed by atoms with Crippen LogP contribution in [0.1, 0.15) is 11.1 Å². The first-order valence-corrected chi connectivity index (χ1v) is 7.08. The molecule has 0 saturated carbocycles. The molecule has 0 spiro atoms. The summed E-state index contributed by atoms with van der Waals surface area (Å²) in [5, 5.41) is 0.637. The fourth-order valence-electron chi connectivity index (χ4n) is 1.59. The summed E-state index contributed by atoms with van der Waals surface area (Å²) >= 11 is 14.3. The molecule has 0 bridgehead atoms. The van der Waals surface area contributed by atoms with Crippen molar-refractivity contribution in [3.63, 3.8) is 0 Å². The summed E-state index contributed by atoms with van der Waals surface area (Å²) in [6, 6.07) is 11.0. The SMILES string of the molecule is Cc1ccc(C(N)=S)c(Oc2ccc(Cl)cc2Br)c1. The number of ether oxygens (including phenoxy) is 1. The monoisotopic (exact) mass is 355 g/mol. The van der Waals surface area contributed by atoms with Crippen LogP contribution in [0.3, 0.4) is 0 Å². The van der Waals surface area contributed by atoms with Crippen LogP contribution in [0.25, 0.3) is 0 Å². The molecule has 0 radical (unpaired) electrons. The van der Waals surface area contributed by atoms with Gasteiger partial charge in [0.2, 0.25) is 0 Å². The molecule has 0 heterocycles. The number of aryl methyl sites for hydroxylation is 1. The standard InChI is InChI=1S/C14H11BrClNOS/c1-8-2-4-10(14(17)19)13(6-8)18-12-5-3-9(16)7-11(12)15/h2-7H,1H3,(H2,17,19). The Morgan fingerprint density at radius 1 is 1.21 bits per heavy atom. The predicted octanol–water partition coefficient (Wildman–Crippen LogP) is 4.84. The van der Waals surface area contributed by atoms with Crippen LogP contribution in [0.4, 0.5) is 0 Å². The van der Waals surface area contributed by atoms with E-state index in [-0.39, 0.29) is 0 Å². The van der Waals surface area contributed by atoms with Crippen LogP contribution in [0.5, 0.6) is 11.5 Å². The lowest BCUT2D eigenvalue weighted by atomic mass is 10.1. The lowest BCUT2D eigenvalue weighted by Crippen LogP contribution is -2.10. The molecule has 19 heavy (non-hydrogen) atoms. The second-order valence-corrected chi connectivity index (χ2v) is 5.77. The quantitative estimate of drug-likeness (QED) is 0.799.